The van der Waals surface area contributed by atoms with Crippen LogP contribution in [0.25, 0.3) is 0 Å². The Kier molecular flexibility index (Phi) is 10.2. The van der Waals surface area contributed by atoms with Crippen LogP contribution in [-0.2, 0) is 40.6 Å². The van der Waals surface area contributed by atoms with Crippen LogP contribution in [0.15, 0.2) is 78.2 Å². The van der Waals surface area contributed by atoms with Crippen LogP contribution >= 0.6 is 11.6 Å². The summed E-state index contributed by atoms with van der Waals surface area (Å²) in [5.74, 6) is 0.943. The van der Waals surface area contributed by atoms with Gasteiger partial charge < -0.3 is 19.1 Å². The van der Waals surface area contributed by atoms with E-state index < -0.39 is 22.0 Å². The van der Waals surface area contributed by atoms with Gasteiger partial charge in [0.05, 0.1) is 25.3 Å². The van der Waals surface area contributed by atoms with Crippen LogP contribution in [-0.4, -0.2) is 43.2 Å². The molecular weight excluding hydrogens is 614 g/mol. The summed E-state index contributed by atoms with van der Waals surface area (Å²) in [5, 5.41) is 11.8. The van der Waals surface area contributed by atoms with Crippen molar-refractivity contribution in [1.29, 1.82) is 0 Å². The molecule has 4 aromatic rings. The number of hydrogen-bond acceptors (Lipinski definition) is 7. The van der Waals surface area contributed by atoms with Gasteiger partial charge in [-0.1, -0.05) is 35.9 Å². The molecule has 2 heterocycles. The second-order valence-electron chi connectivity index (χ2n) is 11.6. The molecule has 0 radical (unpaired) electrons. The lowest BCUT2D eigenvalue weighted by molar-refractivity contribution is -0.119. The van der Waals surface area contributed by atoms with Gasteiger partial charge in [0.2, 0.25) is 5.91 Å². The average molecular weight is 652 g/mol. The molecule has 0 unspecified atom stereocenters. The van der Waals surface area contributed by atoms with E-state index in [2.05, 4.69) is 34.0 Å². The Morgan fingerprint density at radius 2 is 1.78 bits per heavy atom. The molecule has 1 aliphatic carbocycles. The largest absolute Gasteiger partial charge is 0.496 e. The Morgan fingerprint density at radius 3 is 2.40 bits per heavy atom. The van der Waals surface area contributed by atoms with Crippen molar-refractivity contribution >= 4 is 27.5 Å². The highest BCUT2D eigenvalue weighted by atomic mass is 35.5. The number of aromatic nitrogens is 2. The fourth-order valence-corrected chi connectivity index (χ4v) is 7.64. The van der Waals surface area contributed by atoms with E-state index in [4.69, 9.17) is 21.1 Å². The summed E-state index contributed by atoms with van der Waals surface area (Å²) >= 11 is 5.98. The predicted molar refractivity (Wildman–Crippen MR) is 172 cm³/mol. The number of benzene rings is 2. The normalized spacial score (nSPS) is 14.5. The summed E-state index contributed by atoms with van der Waals surface area (Å²) < 4.78 is 40.5. The second kappa shape index (κ2) is 14.1. The fraction of sp³-hybridized carbons (Fsp3) is 0.353. The molecular formula is C34H38ClN3O6S. The molecule has 238 valence electrons. The monoisotopic (exact) mass is 651 g/mol. The van der Waals surface area contributed by atoms with Crippen molar-refractivity contribution < 1.29 is 27.8 Å². The molecule has 2 N–H and O–H groups in total. The number of carbonyl (C=O) groups excluding carboxylic acids is 1. The third-order valence-corrected chi connectivity index (χ3v) is 10.3. The number of carbonyl (C=O) groups is 1. The van der Waals surface area contributed by atoms with E-state index in [-0.39, 0.29) is 22.3 Å². The Hall–Kier alpha value is -3.86. The summed E-state index contributed by atoms with van der Waals surface area (Å²) in [6, 6.07) is 15.5. The van der Waals surface area contributed by atoms with Crippen LogP contribution in [0.4, 0.5) is 0 Å². The molecule has 2 aromatic heterocycles. The van der Waals surface area contributed by atoms with Crippen molar-refractivity contribution in [2.24, 2.45) is 11.8 Å². The molecule has 0 saturated heterocycles. The molecule has 2 aromatic carbocycles. The number of hydrogen-bond donors (Lipinski definition) is 2. The third kappa shape index (κ3) is 7.69. The van der Waals surface area contributed by atoms with E-state index in [9.17, 15) is 18.3 Å². The summed E-state index contributed by atoms with van der Waals surface area (Å²) in [7, 11) is -0.916. The maximum absolute atomic E-state index is 12.6. The molecule has 0 spiro atoms. The van der Waals surface area contributed by atoms with Gasteiger partial charge in [0.25, 0.3) is 10.0 Å². The number of fused-ring (bicyclic) bond motifs is 1. The van der Waals surface area contributed by atoms with E-state index in [1.807, 2.05) is 42.1 Å². The van der Waals surface area contributed by atoms with Gasteiger partial charge in [-0.3, -0.25) is 9.78 Å². The highest BCUT2D eigenvalue weighted by molar-refractivity contribution is 7.90. The number of pyridine rings is 1. The van der Waals surface area contributed by atoms with Gasteiger partial charge in [-0.25, -0.2) is 13.1 Å². The minimum Gasteiger partial charge on any atom is -0.496 e. The van der Waals surface area contributed by atoms with E-state index in [0.717, 1.165) is 42.1 Å². The van der Waals surface area contributed by atoms with Crippen molar-refractivity contribution in [2.75, 3.05) is 14.2 Å². The van der Waals surface area contributed by atoms with Gasteiger partial charge in [0, 0.05) is 49.2 Å². The molecule has 9 nitrogen and oxygen atoms in total. The smallest absolute Gasteiger partial charge is 0.267 e. The number of sulfonamides is 1. The first kappa shape index (κ1) is 32.5. The summed E-state index contributed by atoms with van der Waals surface area (Å²) in [4.78, 5) is 16.1. The zero-order valence-electron chi connectivity index (χ0n) is 25.6. The zero-order valence-corrected chi connectivity index (χ0v) is 27.1. The van der Waals surface area contributed by atoms with Crippen LogP contribution in [0.2, 0.25) is 5.02 Å². The number of ether oxygens (including phenoxy) is 2. The van der Waals surface area contributed by atoms with Crippen LogP contribution < -0.4 is 14.2 Å². The Labute approximate surface area is 269 Å². The first-order valence-corrected chi connectivity index (χ1v) is 16.7. The Balaban J connectivity index is 1.29. The standard InChI is InChI=1S/C34H38ClN3O6S/c1-22-30(43-2)17-27(18-31(22)44-3)34(40)28(16-24-14-25-6-4-5-7-26(25)15-24)21-38-13-11-23(20-38)8-9-33(39)37-45(41,42)32-19-36-12-10-29(32)35/h4-7,10-13,17-20,24,28,34,40H,8-9,14-16,21H2,1-3H3,(H,37,39)/t28-,34-/m1/s1. The lowest BCUT2D eigenvalue weighted by Crippen LogP contribution is -2.31. The molecule has 11 heteroatoms. The molecule has 2 atom stereocenters. The topological polar surface area (TPSA) is 120 Å². The summed E-state index contributed by atoms with van der Waals surface area (Å²) in [6.07, 6.45) is 8.63. The lowest BCUT2D eigenvalue weighted by Gasteiger charge is -2.27. The highest BCUT2D eigenvalue weighted by Gasteiger charge is 2.30. The van der Waals surface area contributed by atoms with Crippen molar-refractivity contribution in [3.8, 4) is 11.5 Å². The van der Waals surface area contributed by atoms with E-state index in [1.165, 1.54) is 23.4 Å². The van der Waals surface area contributed by atoms with Crippen molar-refractivity contribution in [3.63, 3.8) is 0 Å². The number of amides is 1. The quantitative estimate of drug-likeness (QED) is 0.197. The number of aryl methyl sites for hydroxylation is 1. The van der Waals surface area contributed by atoms with Crippen LogP contribution in [0, 0.1) is 18.8 Å². The number of halogens is 1. The molecule has 0 aliphatic heterocycles. The zero-order chi connectivity index (χ0) is 32.1. The lowest BCUT2D eigenvalue weighted by atomic mass is 9.85. The van der Waals surface area contributed by atoms with Crippen LogP contribution in [0.3, 0.4) is 0 Å². The molecule has 5 rings (SSSR count). The van der Waals surface area contributed by atoms with Gasteiger partial charge in [0.15, 0.2) is 0 Å². The SMILES string of the molecule is COc1cc([C@@H](O)[C@H](CC2Cc3ccccc3C2)Cn2ccc(CCC(=O)NS(=O)(=O)c3cnccc3Cl)c2)cc(OC)c1C. The predicted octanol–water partition coefficient (Wildman–Crippen LogP) is 5.45. The van der Waals surface area contributed by atoms with Gasteiger partial charge in [0.1, 0.15) is 16.4 Å². The maximum atomic E-state index is 12.6. The number of methoxy groups -OCH3 is 2. The first-order chi connectivity index (χ1) is 21.6. The summed E-state index contributed by atoms with van der Waals surface area (Å²) in [5.41, 5.74) is 5.21. The molecule has 0 saturated carbocycles. The highest BCUT2D eigenvalue weighted by Crippen LogP contribution is 2.39. The van der Waals surface area contributed by atoms with Crippen molar-refractivity contribution in [2.45, 2.75) is 56.6 Å². The van der Waals surface area contributed by atoms with Gasteiger partial charge in [-0.15, -0.1) is 0 Å². The number of nitrogens with zero attached hydrogens (tertiary/aromatic N) is 2. The number of aliphatic hydroxyl groups excluding tert-OH is 1. The minimum absolute atomic E-state index is 0.0110. The number of rotatable bonds is 13. The molecule has 45 heavy (non-hydrogen) atoms. The van der Waals surface area contributed by atoms with Gasteiger partial charge in [-0.2, -0.15) is 0 Å². The number of aliphatic hydroxyl groups is 1. The maximum Gasteiger partial charge on any atom is 0.267 e. The van der Waals surface area contributed by atoms with E-state index in [0.29, 0.717) is 30.4 Å². The summed E-state index contributed by atoms with van der Waals surface area (Å²) in [6.45, 7) is 2.47. The van der Waals surface area contributed by atoms with Crippen LogP contribution in [0.5, 0.6) is 11.5 Å². The molecule has 0 bridgehead atoms. The van der Waals surface area contributed by atoms with Crippen molar-refractivity contribution in [3.05, 3.63) is 106 Å². The van der Waals surface area contributed by atoms with E-state index >= 15 is 0 Å². The third-order valence-electron chi connectivity index (χ3n) is 8.50. The van der Waals surface area contributed by atoms with E-state index in [1.54, 1.807) is 14.2 Å². The van der Waals surface area contributed by atoms with Gasteiger partial charge >= 0.3 is 0 Å². The van der Waals surface area contributed by atoms with Crippen LogP contribution in [0.1, 0.15) is 46.8 Å². The Bertz CT molecular complexity index is 1720. The second-order valence-corrected chi connectivity index (χ2v) is 13.6. The molecule has 1 aliphatic rings. The Morgan fingerprint density at radius 1 is 1.11 bits per heavy atom. The first-order valence-electron chi connectivity index (χ1n) is 14.8. The van der Waals surface area contributed by atoms with Gasteiger partial charge in [-0.05, 0) is 85.0 Å². The van der Waals surface area contributed by atoms with Crippen molar-refractivity contribution in [1.82, 2.24) is 14.3 Å². The fourth-order valence-electron chi connectivity index (χ4n) is 6.19. The molecule has 1 amide bonds. The average Bonchev–Trinajstić information content (AvgIpc) is 3.65. The number of nitrogens with one attached hydrogen (secondary N) is 1. The minimum atomic E-state index is -4.13. The molecule has 0 fully saturated rings.